The molecular formula is C40H69AlBN3O12. The number of nitrogens with one attached hydrogen (secondary N) is 3. The van der Waals surface area contributed by atoms with Gasteiger partial charge in [0.15, 0.2) is 5.78 Å². The number of carbonyl (C=O) groups excluding carboxylic acids is 6. The van der Waals surface area contributed by atoms with Crippen molar-refractivity contribution in [3.63, 3.8) is 0 Å². The molecule has 0 aromatic heterocycles. The summed E-state index contributed by atoms with van der Waals surface area (Å²) >= 11 is 1.67. The van der Waals surface area contributed by atoms with E-state index in [-0.39, 0.29) is 68.9 Å². The summed E-state index contributed by atoms with van der Waals surface area (Å²) in [4.78, 5) is 67.6. The number of esters is 2. The number of carbonyl (C=O) groups is 6. The van der Waals surface area contributed by atoms with Crippen molar-refractivity contribution in [1.29, 1.82) is 4.35 Å². The summed E-state index contributed by atoms with van der Waals surface area (Å²) in [6.07, 6.45) is 11.9. The first-order valence-electron chi connectivity index (χ1n) is 19.0. The number of methoxy groups -OCH3 is 2. The molecule has 3 N–H and O–H groups in total. The fraction of sp³-hybridized carbons (Fsp3) is 0.700. The van der Waals surface area contributed by atoms with Crippen LogP contribution in [0.15, 0.2) is 38.0 Å². The summed E-state index contributed by atoms with van der Waals surface area (Å²) in [5.41, 5.74) is 0. The van der Waals surface area contributed by atoms with Crippen molar-refractivity contribution in [3.05, 3.63) is 38.0 Å². The van der Waals surface area contributed by atoms with E-state index in [1.807, 2.05) is 13.8 Å². The molecular weight excluding hydrogens is 752 g/mol. The van der Waals surface area contributed by atoms with Crippen LogP contribution in [-0.2, 0) is 57.2 Å². The van der Waals surface area contributed by atoms with Gasteiger partial charge in [0.2, 0.25) is 11.8 Å². The molecule has 0 saturated heterocycles. The van der Waals surface area contributed by atoms with Crippen molar-refractivity contribution >= 4 is 59.8 Å². The Kier molecular flexibility index (Phi) is 44.8. The van der Waals surface area contributed by atoms with Gasteiger partial charge in [0.1, 0.15) is 19.0 Å². The molecule has 3 atom stereocenters. The topological polar surface area (TPSA) is 206 Å². The maximum atomic E-state index is 12.6. The zero-order chi connectivity index (χ0) is 43.1. The van der Waals surface area contributed by atoms with Gasteiger partial charge < -0.3 is 39.1 Å². The number of rotatable bonds is 25. The molecule has 15 nitrogen and oxygen atoms in total. The quantitative estimate of drug-likeness (QED) is 0.0517. The van der Waals surface area contributed by atoms with Gasteiger partial charge in [-0.2, -0.15) is 0 Å². The molecule has 3 unspecified atom stereocenters. The van der Waals surface area contributed by atoms with Crippen molar-refractivity contribution in [3.8, 4) is 0 Å². The van der Waals surface area contributed by atoms with Crippen molar-refractivity contribution in [2.24, 2.45) is 17.8 Å². The van der Waals surface area contributed by atoms with Crippen LogP contribution >= 0.6 is 0 Å². The molecule has 0 bridgehead atoms. The van der Waals surface area contributed by atoms with Crippen molar-refractivity contribution in [2.75, 3.05) is 67.1 Å². The van der Waals surface area contributed by atoms with Gasteiger partial charge in [-0.3, -0.25) is 24.0 Å². The first kappa shape index (κ1) is 60.4. The molecule has 0 aromatic rings. The number of allylic oxidation sites excluding steroid dienone is 1. The molecule has 57 heavy (non-hydrogen) atoms. The second kappa shape index (κ2) is 42.3. The van der Waals surface area contributed by atoms with Gasteiger partial charge in [-0.15, -0.1) is 0 Å². The Morgan fingerprint density at radius 2 is 1.16 bits per heavy atom. The molecule has 2 aliphatic carbocycles. The summed E-state index contributed by atoms with van der Waals surface area (Å²) in [6, 6.07) is 0.709. The van der Waals surface area contributed by atoms with E-state index < -0.39 is 11.9 Å². The van der Waals surface area contributed by atoms with Crippen LogP contribution in [0.2, 0.25) is 0 Å². The van der Waals surface area contributed by atoms with Crippen LogP contribution in [0.3, 0.4) is 0 Å². The standard InChI is InChI=1S/C21H37NO6.C8H14O4.C7H11NO.C4H6O.Al.B.HN/c1-5-17(16(3)23)14-18(21(25)28-12-11-27-10-9-26-4)13-15(2)20(24)22-19-7-6-8-19;1-3-8(9)12-7-6-11-5-4-10-2;1-2-7(9)8-6-4-3-5-6;1-3-4(2)5;;;/h15,17-19H,5-14H2,1-4H3,(H,22,24);3H,1,4-7H2,2H3;2,6H,1,3-5H2,(H,8,9);3H,1H2,2H3;;;1H. The van der Waals surface area contributed by atoms with E-state index in [9.17, 15) is 28.8 Å². The Bertz CT molecular complexity index is 1140. The van der Waals surface area contributed by atoms with E-state index in [4.69, 9.17) is 28.0 Å². The monoisotopic (exact) mass is 821 g/mol. The number of hydrogen-bond acceptors (Lipinski definition) is 13. The van der Waals surface area contributed by atoms with Crippen LogP contribution in [0.5, 0.6) is 0 Å². The molecule has 0 aromatic carbocycles. The zero-order valence-corrected chi connectivity index (χ0v) is 36.5. The van der Waals surface area contributed by atoms with Gasteiger partial charge in [-0.25, -0.2) is 4.79 Å². The molecule has 322 valence electrons. The van der Waals surface area contributed by atoms with Crippen LogP contribution in [0.4, 0.5) is 0 Å². The minimum absolute atomic E-state index is 0. The SMILES string of the molecule is C=CC(=O)NC1CCC1.C=CC(=O)OCCOCCOC.C=CC(C)=O.CCC(CC(CC(C)C(=O)NC1CCC1)C(=O)OCCOCCOC)C(C)=O.[B].[NH]=[Al]. The molecule has 2 rings (SSSR count). The Morgan fingerprint density at radius 3 is 1.53 bits per heavy atom. The van der Waals surface area contributed by atoms with E-state index in [1.165, 1.54) is 25.5 Å². The Hall–Kier alpha value is -3.32. The third kappa shape index (κ3) is 36.7. The third-order valence-corrected chi connectivity index (χ3v) is 8.41. The van der Waals surface area contributed by atoms with Crippen molar-refractivity contribution in [2.45, 2.75) is 97.6 Å². The van der Waals surface area contributed by atoms with E-state index in [0.29, 0.717) is 64.9 Å². The summed E-state index contributed by atoms with van der Waals surface area (Å²) < 4.78 is 35.6. The van der Waals surface area contributed by atoms with Gasteiger partial charge in [0.25, 0.3) is 0 Å². The zero-order valence-electron chi connectivity index (χ0n) is 35.3. The molecule has 0 aliphatic heterocycles. The number of amides is 2. The van der Waals surface area contributed by atoms with Gasteiger partial charge in [0, 0.05) is 52.6 Å². The fourth-order valence-corrected chi connectivity index (χ4v) is 4.56. The van der Waals surface area contributed by atoms with E-state index in [1.54, 1.807) is 37.2 Å². The minimum atomic E-state index is -0.477. The predicted molar refractivity (Wildman–Crippen MR) is 221 cm³/mol. The van der Waals surface area contributed by atoms with Gasteiger partial charge in [0.05, 0.1) is 45.6 Å². The molecule has 0 spiro atoms. The maximum absolute atomic E-state index is 12.6. The Labute approximate surface area is 351 Å². The number of Topliss-reactive ketones (excluding diaryl/α,β-unsaturated/α-hetero) is 1. The number of hydrogen-bond donors (Lipinski definition) is 3. The van der Waals surface area contributed by atoms with Crippen molar-refractivity contribution in [1.82, 2.24) is 10.6 Å². The Morgan fingerprint density at radius 1 is 0.702 bits per heavy atom. The van der Waals surface area contributed by atoms with Crippen LogP contribution in [0.25, 0.3) is 0 Å². The van der Waals surface area contributed by atoms with Crippen LogP contribution < -0.4 is 10.6 Å². The van der Waals surface area contributed by atoms with Crippen LogP contribution in [0.1, 0.15) is 85.5 Å². The average Bonchev–Trinajstić information content (AvgIpc) is 3.16. The van der Waals surface area contributed by atoms with E-state index in [0.717, 1.165) is 38.2 Å². The third-order valence-electron chi connectivity index (χ3n) is 8.41. The molecule has 2 aliphatic rings. The molecule has 2 fully saturated rings. The Balaban J connectivity index is -0.000000396. The second-order valence-electron chi connectivity index (χ2n) is 12.8. The van der Waals surface area contributed by atoms with Crippen molar-refractivity contribution < 1.29 is 57.2 Å². The predicted octanol–water partition coefficient (Wildman–Crippen LogP) is 4.03. The van der Waals surface area contributed by atoms with Gasteiger partial charge in [-0.1, -0.05) is 33.6 Å². The summed E-state index contributed by atoms with van der Waals surface area (Å²) in [5.74, 6) is -1.75. The fourth-order valence-electron chi connectivity index (χ4n) is 4.56. The first-order chi connectivity index (χ1) is 26.8. The number of ketones is 2. The van der Waals surface area contributed by atoms with Gasteiger partial charge >= 0.3 is 32.4 Å². The first-order valence-corrected chi connectivity index (χ1v) is 19.6. The van der Waals surface area contributed by atoms with Gasteiger partial charge in [-0.05, 0) is 83.8 Å². The molecule has 2 saturated carbocycles. The van der Waals surface area contributed by atoms with E-state index in [2.05, 4.69) is 35.1 Å². The second-order valence-corrected chi connectivity index (χ2v) is 12.8. The average molecular weight is 822 g/mol. The normalized spacial score (nSPS) is 14.0. The van der Waals surface area contributed by atoms with Crippen LogP contribution in [0, 0.1) is 22.1 Å². The summed E-state index contributed by atoms with van der Waals surface area (Å²) in [6.45, 7) is 19.7. The van der Waals surface area contributed by atoms with E-state index >= 15 is 0 Å². The number of ether oxygens (including phenoxy) is 6. The molecule has 4 radical (unpaired) electrons. The molecule has 2 amide bonds. The molecule has 17 heteroatoms. The summed E-state index contributed by atoms with van der Waals surface area (Å²) in [5, 5.41) is 5.84. The molecule has 0 heterocycles. The summed E-state index contributed by atoms with van der Waals surface area (Å²) in [7, 11) is 3.19. The van der Waals surface area contributed by atoms with Crippen LogP contribution in [-0.4, -0.2) is 139 Å².